The minimum atomic E-state index is -4.84. The summed E-state index contributed by atoms with van der Waals surface area (Å²) in [6, 6.07) is 9.57. The van der Waals surface area contributed by atoms with E-state index in [1.807, 2.05) is 0 Å². The molecule has 0 aliphatic carbocycles. The second-order valence-electron chi connectivity index (χ2n) is 6.68. The number of nitrogens with one attached hydrogen (secondary N) is 3. The molecule has 3 aromatic rings. The van der Waals surface area contributed by atoms with Gasteiger partial charge in [0.05, 0.1) is 5.71 Å². The van der Waals surface area contributed by atoms with Crippen molar-refractivity contribution in [2.24, 2.45) is 0 Å². The van der Waals surface area contributed by atoms with Crippen LogP contribution in [0.25, 0.3) is 0 Å². The first kappa shape index (κ1) is 22.5. The number of hydrogen-bond acceptors (Lipinski definition) is 6. The van der Waals surface area contributed by atoms with Crippen molar-refractivity contribution in [3.63, 3.8) is 0 Å². The number of carbonyl (C=O) groups excluding carboxylic acids is 1. The van der Waals surface area contributed by atoms with Gasteiger partial charge in [-0.05, 0) is 25.1 Å². The number of aryl methyl sites for hydroxylation is 1. The van der Waals surface area contributed by atoms with Crippen LogP contribution in [0.5, 0.6) is 5.75 Å². The Hall–Kier alpha value is -4.15. The zero-order valence-corrected chi connectivity index (χ0v) is 16.8. The lowest BCUT2D eigenvalue weighted by Gasteiger charge is -2.14. The zero-order chi connectivity index (χ0) is 23.3. The molecule has 0 fully saturated rings. The quantitative estimate of drug-likeness (QED) is 0.428. The number of aromatic nitrogens is 2. The topological polar surface area (TPSA) is 126 Å². The normalized spacial score (nSPS) is 11.0. The van der Waals surface area contributed by atoms with Crippen LogP contribution in [-0.2, 0) is 6.54 Å². The van der Waals surface area contributed by atoms with Crippen LogP contribution in [0.3, 0.4) is 0 Å². The van der Waals surface area contributed by atoms with Gasteiger partial charge in [-0.1, -0.05) is 18.2 Å². The molecule has 11 heteroatoms. The number of hydrogen-bond donors (Lipinski definition) is 4. The maximum atomic E-state index is 12.5. The van der Waals surface area contributed by atoms with Crippen LogP contribution in [-0.4, -0.2) is 28.1 Å². The van der Waals surface area contributed by atoms with Gasteiger partial charge in [0.25, 0.3) is 0 Å². The zero-order valence-electron chi connectivity index (χ0n) is 16.8. The highest BCUT2D eigenvalue weighted by Crippen LogP contribution is 2.26. The van der Waals surface area contributed by atoms with E-state index in [1.54, 1.807) is 25.3 Å². The number of halogens is 3. The average Bonchev–Trinajstić information content (AvgIpc) is 2.72. The summed E-state index contributed by atoms with van der Waals surface area (Å²) < 4.78 is 41.5. The Morgan fingerprint density at radius 3 is 2.62 bits per heavy atom. The lowest BCUT2D eigenvalue weighted by Crippen LogP contribution is -2.29. The smallest absolute Gasteiger partial charge is 0.405 e. The molecule has 166 valence electrons. The van der Waals surface area contributed by atoms with Crippen molar-refractivity contribution in [2.75, 3.05) is 11.1 Å². The molecule has 0 atom stereocenters. The third kappa shape index (κ3) is 5.94. The molecule has 5 N–H and O–H groups in total. The van der Waals surface area contributed by atoms with Gasteiger partial charge in [-0.3, -0.25) is 15.7 Å². The Labute approximate surface area is 181 Å². The van der Waals surface area contributed by atoms with Gasteiger partial charge in [-0.2, -0.15) is 0 Å². The van der Waals surface area contributed by atoms with E-state index >= 15 is 0 Å². The van der Waals surface area contributed by atoms with Crippen molar-refractivity contribution in [2.45, 2.75) is 19.8 Å². The SMILES string of the molecule is Cc1cc(C(=N)c2cnc(NC(=O)NCc3ccccc3OC(F)(F)F)cc2N)ccn1. The number of nitrogens with zero attached hydrogens (tertiary/aromatic N) is 2. The molecular weight excluding hydrogens is 425 g/mol. The molecule has 0 radical (unpaired) electrons. The van der Waals surface area contributed by atoms with Crippen molar-refractivity contribution in [3.05, 3.63) is 77.2 Å². The van der Waals surface area contributed by atoms with Crippen molar-refractivity contribution in [1.82, 2.24) is 15.3 Å². The number of pyridine rings is 2. The largest absolute Gasteiger partial charge is 0.573 e. The number of anilines is 2. The van der Waals surface area contributed by atoms with E-state index in [0.29, 0.717) is 11.1 Å². The number of para-hydroxylation sites is 1. The van der Waals surface area contributed by atoms with Crippen LogP contribution in [0, 0.1) is 12.3 Å². The lowest BCUT2D eigenvalue weighted by atomic mass is 10.0. The number of amides is 2. The molecule has 2 heterocycles. The van der Waals surface area contributed by atoms with Gasteiger partial charge in [0.1, 0.15) is 11.6 Å². The van der Waals surface area contributed by atoms with Crippen LogP contribution in [0.15, 0.2) is 54.9 Å². The predicted molar refractivity (Wildman–Crippen MR) is 113 cm³/mol. The molecule has 1 aromatic carbocycles. The van der Waals surface area contributed by atoms with Crippen LogP contribution in [0.1, 0.15) is 22.4 Å². The number of carbonyl (C=O) groups is 1. The van der Waals surface area contributed by atoms with Gasteiger partial charge >= 0.3 is 12.4 Å². The van der Waals surface area contributed by atoms with E-state index in [-0.39, 0.29) is 29.3 Å². The molecule has 2 amide bonds. The number of ether oxygens (including phenoxy) is 1. The van der Waals surface area contributed by atoms with Crippen molar-refractivity contribution < 1.29 is 22.7 Å². The minimum Gasteiger partial charge on any atom is -0.405 e. The second-order valence-corrected chi connectivity index (χ2v) is 6.68. The van der Waals surface area contributed by atoms with E-state index in [0.717, 1.165) is 11.8 Å². The number of alkyl halides is 3. The van der Waals surface area contributed by atoms with Crippen LogP contribution in [0.2, 0.25) is 0 Å². The molecule has 0 bridgehead atoms. The number of nitrogen functional groups attached to an aromatic ring is 1. The maximum Gasteiger partial charge on any atom is 0.573 e. The summed E-state index contributed by atoms with van der Waals surface area (Å²) in [5.41, 5.74) is 8.28. The molecule has 0 aliphatic rings. The summed E-state index contributed by atoms with van der Waals surface area (Å²) in [6.07, 6.45) is -1.90. The van der Waals surface area contributed by atoms with Crippen LogP contribution < -0.4 is 21.1 Å². The fourth-order valence-corrected chi connectivity index (χ4v) is 2.81. The van der Waals surface area contributed by atoms with E-state index in [4.69, 9.17) is 11.1 Å². The minimum absolute atomic E-state index is 0.113. The molecule has 0 saturated carbocycles. The highest BCUT2D eigenvalue weighted by atomic mass is 19.4. The molecule has 8 nitrogen and oxygen atoms in total. The van der Waals surface area contributed by atoms with Gasteiger partial charge in [0.15, 0.2) is 0 Å². The first-order chi connectivity index (χ1) is 15.1. The summed E-state index contributed by atoms with van der Waals surface area (Å²) in [5, 5.41) is 13.2. The monoisotopic (exact) mass is 444 g/mol. The third-order valence-corrected chi connectivity index (χ3v) is 4.27. The number of benzene rings is 1. The predicted octanol–water partition coefficient (Wildman–Crippen LogP) is 4.00. The molecule has 0 spiro atoms. The van der Waals surface area contributed by atoms with Crippen LogP contribution >= 0.6 is 0 Å². The van der Waals surface area contributed by atoms with E-state index in [9.17, 15) is 18.0 Å². The first-order valence-electron chi connectivity index (χ1n) is 9.28. The number of urea groups is 1. The average molecular weight is 444 g/mol. The molecular formula is C21H19F3N6O2. The summed E-state index contributed by atoms with van der Waals surface area (Å²) in [7, 11) is 0. The highest BCUT2D eigenvalue weighted by Gasteiger charge is 2.32. The maximum absolute atomic E-state index is 12.5. The Balaban J connectivity index is 1.64. The van der Waals surface area contributed by atoms with Gasteiger partial charge < -0.3 is 15.8 Å². The van der Waals surface area contributed by atoms with Gasteiger partial charge in [0.2, 0.25) is 0 Å². The van der Waals surface area contributed by atoms with Crippen molar-refractivity contribution >= 4 is 23.2 Å². The first-order valence-corrected chi connectivity index (χ1v) is 9.28. The van der Waals surface area contributed by atoms with E-state index < -0.39 is 18.1 Å². The van der Waals surface area contributed by atoms with Gasteiger partial charge in [-0.25, -0.2) is 9.78 Å². The number of rotatable bonds is 6. The van der Waals surface area contributed by atoms with Crippen molar-refractivity contribution in [3.8, 4) is 5.75 Å². The Morgan fingerprint density at radius 1 is 1.19 bits per heavy atom. The Morgan fingerprint density at radius 2 is 1.94 bits per heavy atom. The van der Waals surface area contributed by atoms with E-state index in [1.165, 1.54) is 30.5 Å². The molecule has 32 heavy (non-hydrogen) atoms. The lowest BCUT2D eigenvalue weighted by molar-refractivity contribution is -0.274. The molecule has 0 unspecified atom stereocenters. The Kier molecular flexibility index (Phi) is 6.57. The summed E-state index contributed by atoms with van der Waals surface area (Å²) in [6.45, 7) is 1.59. The highest BCUT2D eigenvalue weighted by molar-refractivity contribution is 6.13. The van der Waals surface area contributed by atoms with Gasteiger partial charge in [0, 0.05) is 53.1 Å². The van der Waals surface area contributed by atoms with Crippen molar-refractivity contribution in [1.29, 1.82) is 5.41 Å². The summed E-state index contributed by atoms with van der Waals surface area (Å²) in [4.78, 5) is 20.3. The fourth-order valence-electron chi connectivity index (χ4n) is 2.81. The van der Waals surface area contributed by atoms with Gasteiger partial charge in [-0.15, -0.1) is 13.2 Å². The molecule has 3 rings (SSSR count). The molecule has 2 aromatic heterocycles. The molecule has 0 aliphatic heterocycles. The Bertz CT molecular complexity index is 1150. The standard InChI is InChI=1S/C21H19F3N6O2/c1-12-8-13(6-7-27-12)19(26)15-11-28-18(9-16(15)25)30-20(31)29-10-14-4-2-3-5-17(14)32-21(22,23)24/h2-9,11,26H,10H2,1H3,(H4,25,28,29,30,31). The molecule has 0 saturated heterocycles. The summed E-state index contributed by atoms with van der Waals surface area (Å²) in [5.74, 6) is -0.292. The number of nitrogens with two attached hydrogens (primary N) is 1. The second kappa shape index (κ2) is 9.33. The third-order valence-electron chi connectivity index (χ3n) is 4.27. The van der Waals surface area contributed by atoms with Crippen LogP contribution in [0.4, 0.5) is 29.5 Å². The van der Waals surface area contributed by atoms with E-state index in [2.05, 4.69) is 25.3 Å². The summed E-state index contributed by atoms with van der Waals surface area (Å²) >= 11 is 0. The fraction of sp³-hybridized carbons (Fsp3) is 0.143.